The molecular weight excluding hydrogens is 158 g/mol. The minimum absolute atomic E-state index is 0.253. The topological polar surface area (TPSA) is 12.0 Å². The molecule has 0 aromatic carbocycles. The zero-order valence-electron chi connectivity index (χ0n) is 8.47. The molecular formula is C12H19N. The van der Waals surface area contributed by atoms with E-state index in [1.165, 1.54) is 38.5 Å². The molecule has 2 fully saturated rings. The summed E-state index contributed by atoms with van der Waals surface area (Å²) in [6, 6.07) is 0.976. The Morgan fingerprint density at radius 3 is 2.54 bits per heavy atom. The maximum absolute atomic E-state index is 5.37. The van der Waals surface area contributed by atoms with Gasteiger partial charge in [-0.2, -0.15) is 0 Å². The maximum Gasteiger partial charge on any atom is 0.0660 e. The first-order chi connectivity index (χ1) is 6.27. The molecule has 13 heavy (non-hydrogen) atoms. The van der Waals surface area contributed by atoms with Crippen LogP contribution in [0.15, 0.2) is 0 Å². The van der Waals surface area contributed by atoms with Crippen LogP contribution in [-0.4, -0.2) is 12.1 Å². The van der Waals surface area contributed by atoms with Crippen molar-refractivity contribution in [3.8, 4) is 12.3 Å². The average Bonchev–Trinajstić information content (AvgIpc) is 2.62. The van der Waals surface area contributed by atoms with Crippen LogP contribution < -0.4 is 5.32 Å². The lowest BCUT2D eigenvalue weighted by Gasteiger charge is -2.48. The Labute approximate surface area is 81.3 Å². The van der Waals surface area contributed by atoms with Gasteiger partial charge in [-0.25, -0.2) is 0 Å². The third-order valence-corrected chi connectivity index (χ3v) is 3.97. The van der Waals surface area contributed by atoms with Gasteiger partial charge in [0, 0.05) is 6.04 Å². The van der Waals surface area contributed by atoms with Crippen LogP contribution in [0.4, 0.5) is 0 Å². The van der Waals surface area contributed by atoms with Crippen LogP contribution in [0.5, 0.6) is 0 Å². The van der Waals surface area contributed by atoms with Gasteiger partial charge in [0.1, 0.15) is 0 Å². The summed E-state index contributed by atoms with van der Waals surface area (Å²) >= 11 is 0. The van der Waals surface area contributed by atoms with Crippen molar-refractivity contribution in [2.75, 3.05) is 0 Å². The van der Waals surface area contributed by atoms with Crippen LogP contribution in [0, 0.1) is 17.8 Å². The monoisotopic (exact) mass is 177 g/mol. The lowest BCUT2D eigenvalue weighted by molar-refractivity contribution is 0.0698. The molecule has 0 radical (unpaired) electrons. The third kappa shape index (κ3) is 1.48. The fraction of sp³-hybridized carbons (Fsp3) is 0.833. The van der Waals surface area contributed by atoms with Gasteiger partial charge in [0.05, 0.1) is 6.04 Å². The molecule has 0 aromatic rings. The van der Waals surface area contributed by atoms with Gasteiger partial charge in [-0.1, -0.05) is 18.8 Å². The van der Waals surface area contributed by atoms with Crippen molar-refractivity contribution in [1.29, 1.82) is 0 Å². The van der Waals surface area contributed by atoms with E-state index in [9.17, 15) is 0 Å². The highest BCUT2D eigenvalue weighted by Crippen LogP contribution is 2.53. The van der Waals surface area contributed by atoms with Gasteiger partial charge in [0.2, 0.25) is 0 Å². The molecule has 72 valence electrons. The molecule has 0 saturated heterocycles. The molecule has 0 bridgehead atoms. The fourth-order valence-electron chi connectivity index (χ4n) is 2.98. The van der Waals surface area contributed by atoms with E-state index in [4.69, 9.17) is 6.42 Å². The number of nitrogens with one attached hydrogen (secondary N) is 1. The number of terminal acetylenes is 1. The van der Waals surface area contributed by atoms with E-state index < -0.39 is 0 Å². The Hall–Kier alpha value is -0.480. The SMILES string of the molecule is C#CC(C)NC1CCC12CCCC2. The van der Waals surface area contributed by atoms with Gasteiger partial charge in [0.25, 0.3) is 0 Å². The van der Waals surface area contributed by atoms with Crippen LogP contribution in [0.1, 0.15) is 45.4 Å². The number of rotatable bonds is 2. The zero-order chi connectivity index (χ0) is 9.31. The summed E-state index contributed by atoms with van der Waals surface area (Å²) in [6.07, 6.45) is 13.9. The van der Waals surface area contributed by atoms with Gasteiger partial charge in [0.15, 0.2) is 0 Å². The van der Waals surface area contributed by atoms with E-state index in [1.807, 2.05) is 0 Å². The summed E-state index contributed by atoms with van der Waals surface area (Å²) in [5.74, 6) is 2.76. The van der Waals surface area contributed by atoms with Crippen molar-refractivity contribution in [2.45, 2.75) is 57.5 Å². The van der Waals surface area contributed by atoms with Gasteiger partial charge < -0.3 is 5.32 Å². The van der Waals surface area contributed by atoms with Gasteiger partial charge in [-0.15, -0.1) is 6.42 Å². The lowest BCUT2D eigenvalue weighted by atomic mass is 9.63. The van der Waals surface area contributed by atoms with E-state index in [2.05, 4.69) is 18.2 Å². The van der Waals surface area contributed by atoms with Crippen LogP contribution in [0.2, 0.25) is 0 Å². The highest BCUT2D eigenvalue weighted by molar-refractivity contribution is 5.06. The molecule has 0 aromatic heterocycles. The van der Waals surface area contributed by atoms with Crippen molar-refractivity contribution >= 4 is 0 Å². The molecule has 1 heteroatoms. The standard InChI is InChI=1S/C12H19N/c1-3-10(2)13-11-6-9-12(11)7-4-5-8-12/h1,10-11,13H,4-9H2,2H3. The van der Waals surface area contributed by atoms with Crippen molar-refractivity contribution in [2.24, 2.45) is 5.41 Å². The summed E-state index contributed by atoms with van der Waals surface area (Å²) in [7, 11) is 0. The van der Waals surface area contributed by atoms with Crippen LogP contribution >= 0.6 is 0 Å². The summed E-state index contributed by atoms with van der Waals surface area (Å²) in [6.45, 7) is 2.08. The molecule has 0 aliphatic heterocycles. The van der Waals surface area contributed by atoms with Crippen molar-refractivity contribution in [1.82, 2.24) is 5.32 Å². The smallest absolute Gasteiger partial charge is 0.0660 e. The highest BCUT2D eigenvalue weighted by Gasteiger charge is 2.47. The lowest BCUT2D eigenvalue weighted by Crippen LogP contribution is -2.54. The molecule has 2 aliphatic carbocycles. The van der Waals surface area contributed by atoms with Gasteiger partial charge >= 0.3 is 0 Å². The third-order valence-electron chi connectivity index (χ3n) is 3.97. The molecule has 2 aliphatic rings. The van der Waals surface area contributed by atoms with Crippen LogP contribution in [0.3, 0.4) is 0 Å². The predicted octanol–water partition coefficient (Wildman–Crippen LogP) is 2.32. The van der Waals surface area contributed by atoms with Crippen molar-refractivity contribution in [3.05, 3.63) is 0 Å². The summed E-state index contributed by atoms with van der Waals surface area (Å²) in [5.41, 5.74) is 0.658. The van der Waals surface area contributed by atoms with Crippen molar-refractivity contribution in [3.63, 3.8) is 0 Å². The number of hydrogen-bond acceptors (Lipinski definition) is 1. The van der Waals surface area contributed by atoms with Crippen molar-refractivity contribution < 1.29 is 0 Å². The molecule has 0 heterocycles. The molecule has 2 saturated carbocycles. The molecule has 2 atom stereocenters. The Balaban J connectivity index is 1.91. The predicted molar refractivity (Wildman–Crippen MR) is 55.4 cm³/mol. The van der Waals surface area contributed by atoms with E-state index in [1.54, 1.807) is 0 Å². The quantitative estimate of drug-likeness (QED) is 0.638. The molecule has 2 unspecified atom stereocenters. The second kappa shape index (κ2) is 3.35. The zero-order valence-corrected chi connectivity index (χ0v) is 8.47. The maximum atomic E-state index is 5.37. The van der Waals surface area contributed by atoms with E-state index in [0.29, 0.717) is 5.41 Å². The average molecular weight is 177 g/mol. The molecule has 1 N–H and O–H groups in total. The Morgan fingerprint density at radius 2 is 2.08 bits per heavy atom. The van der Waals surface area contributed by atoms with Gasteiger partial charge in [-0.05, 0) is 38.0 Å². The Morgan fingerprint density at radius 1 is 1.38 bits per heavy atom. The normalized spacial score (nSPS) is 32.5. The molecule has 0 amide bonds. The summed E-state index contributed by atoms with van der Waals surface area (Å²) in [5, 5.41) is 3.56. The van der Waals surface area contributed by atoms with E-state index in [0.717, 1.165) is 6.04 Å². The first-order valence-corrected chi connectivity index (χ1v) is 5.49. The number of hydrogen-bond donors (Lipinski definition) is 1. The van der Waals surface area contributed by atoms with E-state index >= 15 is 0 Å². The van der Waals surface area contributed by atoms with E-state index in [-0.39, 0.29) is 6.04 Å². The fourth-order valence-corrected chi connectivity index (χ4v) is 2.98. The largest absolute Gasteiger partial charge is 0.301 e. The molecule has 2 rings (SSSR count). The summed E-state index contributed by atoms with van der Waals surface area (Å²) in [4.78, 5) is 0. The van der Waals surface area contributed by atoms with Crippen LogP contribution in [-0.2, 0) is 0 Å². The first-order valence-electron chi connectivity index (χ1n) is 5.49. The molecule has 1 spiro atoms. The Kier molecular flexibility index (Phi) is 2.34. The summed E-state index contributed by atoms with van der Waals surface area (Å²) < 4.78 is 0. The minimum Gasteiger partial charge on any atom is -0.301 e. The Bertz CT molecular complexity index is 220. The first kappa shape index (κ1) is 9.09. The minimum atomic E-state index is 0.253. The second-order valence-electron chi connectivity index (χ2n) is 4.72. The van der Waals surface area contributed by atoms with Crippen LogP contribution in [0.25, 0.3) is 0 Å². The highest BCUT2D eigenvalue weighted by atomic mass is 15.0. The second-order valence-corrected chi connectivity index (χ2v) is 4.72. The molecule has 1 nitrogen and oxygen atoms in total. The van der Waals surface area contributed by atoms with Gasteiger partial charge in [-0.3, -0.25) is 0 Å².